The SMILES string of the molecule is Clc1cccc(NC2CCCNCC2)c1Br. The maximum atomic E-state index is 6.06. The van der Waals surface area contributed by atoms with E-state index in [4.69, 9.17) is 11.6 Å². The molecule has 0 amide bonds. The predicted molar refractivity (Wildman–Crippen MR) is 73.3 cm³/mol. The van der Waals surface area contributed by atoms with E-state index in [1.54, 1.807) is 0 Å². The summed E-state index contributed by atoms with van der Waals surface area (Å²) < 4.78 is 0.967. The van der Waals surface area contributed by atoms with Crippen molar-refractivity contribution in [2.24, 2.45) is 0 Å². The number of nitrogens with one attached hydrogen (secondary N) is 2. The maximum Gasteiger partial charge on any atom is 0.0593 e. The first kappa shape index (κ1) is 12.2. The first-order valence-corrected chi connectivity index (χ1v) is 6.86. The summed E-state index contributed by atoms with van der Waals surface area (Å²) >= 11 is 9.58. The van der Waals surface area contributed by atoms with Gasteiger partial charge in [0.15, 0.2) is 0 Å². The predicted octanol–water partition coefficient (Wildman–Crippen LogP) is 3.66. The van der Waals surface area contributed by atoms with Crippen LogP contribution in [-0.2, 0) is 0 Å². The molecule has 1 saturated heterocycles. The van der Waals surface area contributed by atoms with Gasteiger partial charge in [0.05, 0.1) is 15.2 Å². The van der Waals surface area contributed by atoms with E-state index in [0.29, 0.717) is 6.04 Å². The molecule has 0 aromatic heterocycles. The molecule has 2 N–H and O–H groups in total. The fraction of sp³-hybridized carbons (Fsp3) is 0.500. The number of hydrogen-bond donors (Lipinski definition) is 2. The van der Waals surface area contributed by atoms with E-state index >= 15 is 0 Å². The van der Waals surface area contributed by atoms with E-state index in [1.807, 2.05) is 12.1 Å². The third-order valence-corrected chi connectivity index (χ3v) is 4.28. The van der Waals surface area contributed by atoms with E-state index in [0.717, 1.165) is 28.3 Å². The van der Waals surface area contributed by atoms with E-state index < -0.39 is 0 Å². The summed E-state index contributed by atoms with van der Waals surface area (Å²) in [7, 11) is 0. The van der Waals surface area contributed by atoms with Crippen LogP contribution < -0.4 is 10.6 Å². The van der Waals surface area contributed by atoms with Crippen LogP contribution in [0.2, 0.25) is 5.02 Å². The number of benzene rings is 1. The summed E-state index contributed by atoms with van der Waals surface area (Å²) in [5, 5.41) is 7.73. The molecule has 1 heterocycles. The van der Waals surface area contributed by atoms with Crippen LogP contribution >= 0.6 is 27.5 Å². The molecule has 1 aliphatic rings. The summed E-state index contributed by atoms with van der Waals surface area (Å²) in [5.41, 5.74) is 1.10. The molecule has 4 heteroatoms. The Morgan fingerprint density at radius 2 is 2.19 bits per heavy atom. The Balaban J connectivity index is 2.04. The number of anilines is 1. The van der Waals surface area contributed by atoms with Gasteiger partial charge in [0.1, 0.15) is 0 Å². The van der Waals surface area contributed by atoms with Crippen LogP contribution in [0.1, 0.15) is 19.3 Å². The second-order valence-corrected chi connectivity index (χ2v) is 5.32. The largest absolute Gasteiger partial charge is 0.381 e. The van der Waals surface area contributed by atoms with Crippen molar-refractivity contribution in [1.29, 1.82) is 0 Å². The second-order valence-electron chi connectivity index (χ2n) is 4.12. The molecule has 1 unspecified atom stereocenters. The molecule has 2 rings (SSSR count). The molecule has 0 saturated carbocycles. The first-order valence-electron chi connectivity index (χ1n) is 5.68. The lowest BCUT2D eigenvalue weighted by atomic mass is 10.1. The molecule has 88 valence electrons. The minimum Gasteiger partial charge on any atom is -0.381 e. The van der Waals surface area contributed by atoms with Crippen molar-refractivity contribution in [1.82, 2.24) is 5.32 Å². The average Bonchev–Trinajstić information content (AvgIpc) is 2.53. The summed E-state index contributed by atoms with van der Waals surface area (Å²) in [5.74, 6) is 0. The fourth-order valence-electron chi connectivity index (χ4n) is 2.00. The van der Waals surface area contributed by atoms with Crippen molar-refractivity contribution in [2.75, 3.05) is 18.4 Å². The topological polar surface area (TPSA) is 24.1 Å². The molecule has 1 aliphatic heterocycles. The molecule has 16 heavy (non-hydrogen) atoms. The quantitative estimate of drug-likeness (QED) is 0.871. The van der Waals surface area contributed by atoms with Crippen molar-refractivity contribution in [2.45, 2.75) is 25.3 Å². The van der Waals surface area contributed by atoms with Crippen molar-refractivity contribution in [3.63, 3.8) is 0 Å². The maximum absolute atomic E-state index is 6.06. The molecule has 2 nitrogen and oxygen atoms in total. The molecule has 0 spiro atoms. The van der Waals surface area contributed by atoms with E-state index in [1.165, 1.54) is 19.3 Å². The normalized spacial score (nSPS) is 21.5. The zero-order valence-corrected chi connectivity index (χ0v) is 11.4. The standard InChI is InChI=1S/C12H16BrClN2/c13-12-10(14)4-1-5-11(12)16-9-3-2-7-15-8-6-9/h1,4-5,9,15-16H,2-3,6-8H2. The third kappa shape index (κ3) is 3.12. The highest BCUT2D eigenvalue weighted by Gasteiger charge is 2.13. The molecule has 1 aromatic carbocycles. The second kappa shape index (κ2) is 5.89. The summed E-state index contributed by atoms with van der Waals surface area (Å²) in [6.07, 6.45) is 3.61. The number of halogens is 2. The lowest BCUT2D eigenvalue weighted by Crippen LogP contribution is -2.21. The average molecular weight is 304 g/mol. The van der Waals surface area contributed by atoms with Gasteiger partial charge in [-0.3, -0.25) is 0 Å². The van der Waals surface area contributed by atoms with Gasteiger partial charge in [0.2, 0.25) is 0 Å². The van der Waals surface area contributed by atoms with Crippen molar-refractivity contribution >= 4 is 33.2 Å². The Bertz CT molecular complexity index is 349. The van der Waals surface area contributed by atoms with Gasteiger partial charge >= 0.3 is 0 Å². The monoisotopic (exact) mass is 302 g/mol. The highest BCUT2D eigenvalue weighted by Crippen LogP contribution is 2.31. The lowest BCUT2D eigenvalue weighted by molar-refractivity contribution is 0.637. The Labute approximate surface area is 110 Å². The highest BCUT2D eigenvalue weighted by atomic mass is 79.9. The fourth-order valence-corrected chi connectivity index (χ4v) is 2.55. The van der Waals surface area contributed by atoms with Gasteiger partial charge in [0.25, 0.3) is 0 Å². The molecule has 1 fully saturated rings. The third-order valence-electron chi connectivity index (χ3n) is 2.89. The van der Waals surface area contributed by atoms with Crippen molar-refractivity contribution in [3.8, 4) is 0 Å². The van der Waals surface area contributed by atoms with E-state index in [9.17, 15) is 0 Å². The number of rotatable bonds is 2. The molecule has 0 aliphatic carbocycles. The van der Waals surface area contributed by atoms with E-state index in [2.05, 4.69) is 32.6 Å². The summed E-state index contributed by atoms with van der Waals surface area (Å²) in [6.45, 7) is 2.23. The van der Waals surface area contributed by atoms with Crippen molar-refractivity contribution < 1.29 is 0 Å². The van der Waals surface area contributed by atoms with E-state index in [-0.39, 0.29) is 0 Å². The van der Waals surface area contributed by atoms with Crippen LogP contribution in [-0.4, -0.2) is 19.1 Å². The van der Waals surface area contributed by atoms with Crippen LogP contribution in [0, 0.1) is 0 Å². The zero-order valence-electron chi connectivity index (χ0n) is 9.10. The summed E-state index contributed by atoms with van der Waals surface area (Å²) in [6, 6.07) is 6.48. The minimum atomic E-state index is 0.546. The van der Waals surface area contributed by atoms with Gasteiger partial charge < -0.3 is 10.6 Å². The Morgan fingerprint density at radius 3 is 3.06 bits per heavy atom. The van der Waals surface area contributed by atoms with Crippen molar-refractivity contribution in [3.05, 3.63) is 27.7 Å². The molecule has 1 aromatic rings. The van der Waals surface area contributed by atoms with Crippen LogP contribution in [0.4, 0.5) is 5.69 Å². The minimum absolute atomic E-state index is 0.546. The van der Waals surface area contributed by atoms with Crippen LogP contribution in [0.3, 0.4) is 0 Å². The Hall–Kier alpha value is -0.250. The van der Waals surface area contributed by atoms with Gasteiger partial charge in [0, 0.05) is 6.04 Å². The molecule has 0 radical (unpaired) electrons. The summed E-state index contributed by atoms with van der Waals surface area (Å²) in [4.78, 5) is 0. The highest BCUT2D eigenvalue weighted by molar-refractivity contribution is 9.10. The Morgan fingerprint density at radius 1 is 1.31 bits per heavy atom. The molecular weight excluding hydrogens is 288 g/mol. The lowest BCUT2D eigenvalue weighted by Gasteiger charge is -2.18. The molecular formula is C12H16BrClN2. The number of hydrogen-bond acceptors (Lipinski definition) is 2. The van der Waals surface area contributed by atoms with Gasteiger partial charge in [-0.1, -0.05) is 17.7 Å². The van der Waals surface area contributed by atoms with Gasteiger partial charge in [-0.2, -0.15) is 0 Å². The van der Waals surface area contributed by atoms with Crippen LogP contribution in [0.15, 0.2) is 22.7 Å². The zero-order chi connectivity index (χ0) is 11.4. The smallest absolute Gasteiger partial charge is 0.0593 e. The van der Waals surface area contributed by atoms with Crippen LogP contribution in [0.5, 0.6) is 0 Å². The van der Waals surface area contributed by atoms with Crippen LogP contribution in [0.25, 0.3) is 0 Å². The van der Waals surface area contributed by atoms with Gasteiger partial charge in [-0.15, -0.1) is 0 Å². The molecule has 1 atom stereocenters. The van der Waals surface area contributed by atoms with Gasteiger partial charge in [-0.05, 0) is 60.4 Å². The Kier molecular flexibility index (Phi) is 4.50. The molecule has 0 bridgehead atoms. The van der Waals surface area contributed by atoms with Gasteiger partial charge in [-0.25, -0.2) is 0 Å². The first-order chi connectivity index (χ1) is 7.77.